The van der Waals surface area contributed by atoms with Gasteiger partial charge in [0, 0.05) is 23.8 Å². The van der Waals surface area contributed by atoms with E-state index in [9.17, 15) is 4.79 Å². The van der Waals surface area contributed by atoms with Gasteiger partial charge in [-0.25, -0.2) is 4.79 Å². The molecule has 1 aromatic heterocycles. The third kappa shape index (κ3) is 7.58. The van der Waals surface area contributed by atoms with Crippen LogP contribution >= 0.6 is 15.9 Å². The third-order valence-electron chi connectivity index (χ3n) is 3.44. The maximum atomic E-state index is 12.5. The van der Waals surface area contributed by atoms with Crippen molar-refractivity contribution in [2.75, 3.05) is 46.1 Å². The van der Waals surface area contributed by atoms with Crippen molar-refractivity contribution in [3.63, 3.8) is 0 Å². The van der Waals surface area contributed by atoms with Gasteiger partial charge in [0.05, 0.1) is 32.6 Å². The summed E-state index contributed by atoms with van der Waals surface area (Å²) in [6, 6.07) is 1.84. The molecule has 140 valence electrons. The van der Waals surface area contributed by atoms with Crippen LogP contribution in [0.4, 0.5) is 4.79 Å². The molecule has 0 aliphatic carbocycles. The zero-order chi connectivity index (χ0) is 18.3. The van der Waals surface area contributed by atoms with Crippen LogP contribution in [0.25, 0.3) is 0 Å². The number of rotatable bonds is 6. The molecule has 0 saturated carbocycles. The van der Waals surface area contributed by atoms with Crippen LogP contribution in [0.5, 0.6) is 5.75 Å². The molecule has 1 fully saturated rings. The molecule has 1 amide bonds. The van der Waals surface area contributed by atoms with E-state index in [4.69, 9.17) is 14.2 Å². The number of morpholine rings is 1. The van der Waals surface area contributed by atoms with E-state index in [1.54, 1.807) is 17.3 Å². The number of halogens is 1. The Hall–Kier alpha value is -1.38. The molecule has 0 spiro atoms. The van der Waals surface area contributed by atoms with Crippen molar-refractivity contribution in [2.45, 2.75) is 26.4 Å². The van der Waals surface area contributed by atoms with Crippen molar-refractivity contribution < 1.29 is 19.0 Å². The van der Waals surface area contributed by atoms with Crippen LogP contribution in [-0.2, 0) is 9.47 Å². The second kappa shape index (κ2) is 9.35. The Morgan fingerprint density at radius 1 is 1.36 bits per heavy atom. The number of hydrogen-bond acceptors (Lipinski definition) is 6. The van der Waals surface area contributed by atoms with E-state index in [0.29, 0.717) is 38.8 Å². The molecular weight excluding hydrogens is 390 g/mol. The molecule has 1 saturated heterocycles. The first-order chi connectivity index (χ1) is 11.8. The predicted molar refractivity (Wildman–Crippen MR) is 97.6 cm³/mol. The highest BCUT2D eigenvalue weighted by Gasteiger charge is 2.24. The second-order valence-electron chi connectivity index (χ2n) is 6.80. The lowest BCUT2D eigenvalue weighted by Gasteiger charge is -2.33. The van der Waals surface area contributed by atoms with Crippen molar-refractivity contribution >= 4 is 22.0 Å². The molecule has 0 radical (unpaired) electrons. The van der Waals surface area contributed by atoms with E-state index in [0.717, 1.165) is 17.6 Å². The molecule has 0 aromatic carbocycles. The van der Waals surface area contributed by atoms with Crippen molar-refractivity contribution in [1.82, 2.24) is 14.8 Å². The average Bonchev–Trinajstić information content (AvgIpc) is 2.53. The van der Waals surface area contributed by atoms with Crippen LogP contribution in [0.3, 0.4) is 0 Å². The van der Waals surface area contributed by atoms with E-state index in [2.05, 4.69) is 25.8 Å². The normalized spacial score (nSPS) is 15.7. The smallest absolute Gasteiger partial charge is 0.411 e. The number of aromatic nitrogens is 1. The van der Waals surface area contributed by atoms with E-state index in [1.807, 2.05) is 26.8 Å². The third-order valence-corrected chi connectivity index (χ3v) is 3.87. The number of ether oxygens (including phenoxy) is 3. The minimum absolute atomic E-state index is 0.338. The summed E-state index contributed by atoms with van der Waals surface area (Å²) in [6.07, 6.45) is 3.00. The fraction of sp³-hybridized carbons (Fsp3) is 0.647. The van der Waals surface area contributed by atoms with Crippen LogP contribution in [0.2, 0.25) is 0 Å². The van der Waals surface area contributed by atoms with Gasteiger partial charge in [0.25, 0.3) is 0 Å². The monoisotopic (exact) mass is 415 g/mol. The topological polar surface area (TPSA) is 64.1 Å². The first-order valence-electron chi connectivity index (χ1n) is 8.35. The Bertz CT molecular complexity index is 559. The van der Waals surface area contributed by atoms with Gasteiger partial charge in [-0.05, 0) is 42.8 Å². The van der Waals surface area contributed by atoms with Gasteiger partial charge in [-0.3, -0.25) is 14.8 Å². The molecule has 0 atom stereocenters. The molecule has 1 aromatic rings. The molecule has 0 unspecified atom stereocenters. The first-order valence-corrected chi connectivity index (χ1v) is 9.14. The number of carbonyl (C=O) groups is 1. The van der Waals surface area contributed by atoms with E-state index in [1.165, 1.54) is 0 Å². The second-order valence-corrected chi connectivity index (χ2v) is 7.72. The van der Waals surface area contributed by atoms with Crippen molar-refractivity contribution in [3.8, 4) is 5.75 Å². The summed E-state index contributed by atoms with van der Waals surface area (Å²) in [5.41, 5.74) is -0.532. The molecule has 0 bridgehead atoms. The molecule has 7 nitrogen and oxygen atoms in total. The Labute approximate surface area is 157 Å². The van der Waals surface area contributed by atoms with Gasteiger partial charge >= 0.3 is 6.09 Å². The van der Waals surface area contributed by atoms with Gasteiger partial charge in [-0.15, -0.1) is 0 Å². The zero-order valence-corrected chi connectivity index (χ0v) is 16.6. The lowest BCUT2D eigenvalue weighted by molar-refractivity contribution is -0.0134. The lowest BCUT2D eigenvalue weighted by atomic mass is 10.2. The van der Waals surface area contributed by atoms with Crippen LogP contribution in [-0.4, -0.2) is 72.6 Å². The van der Waals surface area contributed by atoms with Crippen LogP contribution < -0.4 is 4.74 Å². The van der Waals surface area contributed by atoms with Crippen molar-refractivity contribution in [3.05, 3.63) is 22.9 Å². The summed E-state index contributed by atoms with van der Waals surface area (Å²) in [4.78, 5) is 20.4. The Balaban J connectivity index is 1.91. The van der Waals surface area contributed by atoms with Gasteiger partial charge in [0.1, 0.15) is 18.0 Å². The first kappa shape index (κ1) is 19.9. The quantitative estimate of drug-likeness (QED) is 0.711. The van der Waals surface area contributed by atoms with E-state index < -0.39 is 5.60 Å². The Morgan fingerprint density at radius 2 is 2.08 bits per heavy atom. The molecule has 1 aliphatic rings. The summed E-state index contributed by atoms with van der Waals surface area (Å²) < 4.78 is 17.4. The number of carbonyl (C=O) groups excluding carboxylic acids is 1. The number of nitrogens with zero attached hydrogens (tertiary/aromatic N) is 3. The van der Waals surface area contributed by atoms with Gasteiger partial charge in [0.15, 0.2) is 0 Å². The number of pyridine rings is 1. The highest BCUT2D eigenvalue weighted by molar-refractivity contribution is 9.10. The largest absolute Gasteiger partial charge is 0.490 e. The molecular formula is C17H26BrN3O4. The minimum Gasteiger partial charge on any atom is -0.490 e. The van der Waals surface area contributed by atoms with Crippen molar-refractivity contribution in [2.24, 2.45) is 0 Å². The van der Waals surface area contributed by atoms with Gasteiger partial charge < -0.3 is 14.2 Å². The maximum absolute atomic E-state index is 12.5. The molecule has 2 rings (SSSR count). The minimum atomic E-state index is -0.532. The van der Waals surface area contributed by atoms with Gasteiger partial charge in [-0.2, -0.15) is 0 Å². The van der Waals surface area contributed by atoms with Crippen LogP contribution in [0, 0.1) is 0 Å². The SMILES string of the molecule is CC(C)(C)OC(=O)N(CCOc1cncc(Br)c1)CN1CCOCC1. The average molecular weight is 416 g/mol. The molecule has 8 heteroatoms. The summed E-state index contributed by atoms with van der Waals surface area (Å²) in [5.74, 6) is 0.657. The molecule has 25 heavy (non-hydrogen) atoms. The van der Waals surface area contributed by atoms with E-state index in [-0.39, 0.29) is 6.09 Å². The predicted octanol–water partition coefficient (Wildman–Crippen LogP) is 2.75. The van der Waals surface area contributed by atoms with Crippen LogP contribution in [0.1, 0.15) is 20.8 Å². The van der Waals surface area contributed by atoms with Crippen molar-refractivity contribution in [1.29, 1.82) is 0 Å². The Morgan fingerprint density at radius 3 is 2.72 bits per heavy atom. The van der Waals surface area contributed by atoms with Gasteiger partial charge in [-0.1, -0.05) is 0 Å². The number of hydrogen-bond donors (Lipinski definition) is 0. The fourth-order valence-electron chi connectivity index (χ4n) is 2.28. The highest BCUT2D eigenvalue weighted by Crippen LogP contribution is 2.16. The summed E-state index contributed by atoms with van der Waals surface area (Å²) in [7, 11) is 0. The maximum Gasteiger partial charge on any atom is 0.411 e. The highest BCUT2D eigenvalue weighted by atomic mass is 79.9. The summed E-state index contributed by atoms with van der Waals surface area (Å²) in [6.45, 7) is 9.85. The molecule has 2 heterocycles. The standard InChI is InChI=1S/C17H26BrN3O4/c1-17(2,3)25-16(22)21(13-20-4-7-23-8-5-20)6-9-24-15-10-14(18)11-19-12-15/h10-12H,4-9,13H2,1-3H3. The fourth-order valence-corrected chi connectivity index (χ4v) is 2.62. The lowest BCUT2D eigenvalue weighted by Crippen LogP contribution is -2.48. The van der Waals surface area contributed by atoms with E-state index >= 15 is 0 Å². The summed E-state index contributed by atoms with van der Waals surface area (Å²) in [5, 5.41) is 0. The zero-order valence-electron chi connectivity index (χ0n) is 15.0. The Kier molecular flexibility index (Phi) is 7.46. The van der Waals surface area contributed by atoms with Crippen LogP contribution in [0.15, 0.2) is 22.9 Å². The summed E-state index contributed by atoms with van der Waals surface area (Å²) >= 11 is 3.36. The number of amides is 1. The molecule has 0 N–H and O–H groups in total. The molecule has 1 aliphatic heterocycles. The van der Waals surface area contributed by atoms with Gasteiger partial charge in [0.2, 0.25) is 0 Å².